The number of nitrogens with one attached hydrogen (secondary N) is 1. The van der Waals surface area contributed by atoms with Crippen LogP contribution in [0.5, 0.6) is 0 Å². The predicted molar refractivity (Wildman–Crippen MR) is 80.4 cm³/mol. The third-order valence-electron chi connectivity index (χ3n) is 3.78. The van der Waals surface area contributed by atoms with Gasteiger partial charge in [0.2, 0.25) is 5.91 Å². The van der Waals surface area contributed by atoms with Gasteiger partial charge in [-0.25, -0.2) is 0 Å². The average molecular weight is 288 g/mol. The molecule has 0 bridgehead atoms. The van der Waals surface area contributed by atoms with Crippen LogP contribution in [0, 0.1) is 6.92 Å². The summed E-state index contributed by atoms with van der Waals surface area (Å²) in [4.78, 5) is 37.3. The number of carbonyl (C=O) groups excluding carboxylic acids is 3. The number of fused-ring (bicyclic) bond motifs is 1. The van der Waals surface area contributed by atoms with Crippen molar-refractivity contribution in [3.8, 4) is 0 Å². The smallest absolute Gasteiger partial charge is 0.299 e. The Hall–Kier alpha value is -2.17. The molecule has 0 radical (unpaired) electrons. The number of rotatable bonds is 5. The Labute approximate surface area is 124 Å². The second kappa shape index (κ2) is 6.08. The van der Waals surface area contributed by atoms with Gasteiger partial charge in [-0.05, 0) is 31.9 Å². The summed E-state index contributed by atoms with van der Waals surface area (Å²) in [5, 5.41) is 2.88. The summed E-state index contributed by atoms with van der Waals surface area (Å²) >= 11 is 0. The third kappa shape index (κ3) is 2.96. The highest BCUT2D eigenvalue weighted by molar-refractivity contribution is 6.52. The van der Waals surface area contributed by atoms with Gasteiger partial charge in [-0.3, -0.25) is 19.3 Å². The molecule has 0 saturated heterocycles. The van der Waals surface area contributed by atoms with Crippen LogP contribution in [-0.4, -0.2) is 30.2 Å². The summed E-state index contributed by atoms with van der Waals surface area (Å²) in [6.45, 7) is 5.74. The van der Waals surface area contributed by atoms with E-state index in [0.29, 0.717) is 11.3 Å². The normalized spacial score (nSPS) is 13.8. The Bertz CT molecular complexity index is 591. The lowest BCUT2D eigenvalue weighted by atomic mass is 10.1. The van der Waals surface area contributed by atoms with Crippen LogP contribution in [0.3, 0.4) is 0 Å². The number of ketones is 1. The molecule has 2 rings (SSSR count). The Morgan fingerprint density at radius 2 is 1.90 bits per heavy atom. The van der Waals surface area contributed by atoms with Gasteiger partial charge < -0.3 is 5.32 Å². The van der Waals surface area contributed by atoms with E-state index in [1.165, 1.54) is 4.90 Å². The van der Waals surface area contributed by atoms with Gasteiger partial charge in [0.25, 0.3) is 11.7 Å². The number of hydrogen-bond acceptors (Lipinski definition) is 3. The molecular weight excluding hydrogens is 268 g/mol. The van der Waals surface area contributed by atoms with Gasteiger partial charge in [-0.15, -0.1) is 0 Å². The van der Waals surface area contributed by atoms with Gasteiger partial charge in [-0.1, -0.05) is 25.5 Å². The Kier molecular flexibility index (Phi) is 4.40. The van der Waals surface area contributed by atoms with Crippen LogP contribution in [-0.2, 0) is 9.59 Å². The highest BCUT2D eigenvalue weighted by atomic mass is 16.2. The van der Waals surface area contributed by atoms with Crippen LogP contribution in [0.2, 0.25) is 0 Å². The summed E-state index contributed by atoms with van der Waals surface area (Å²) in [5.41, 5.74) is 1.82. The largest absolute Gasteiger partial charge is 0.352 e. The summed E-state index contributed by atoms with van der Waals surface area (Å²) in [6.07, 6.45) is 1.68. The number of amides is 2. The first-order valence-corrected chi connectivity index (χ1v) is 7.24. The van der Waals surface area contributed by atoms with Gasteiger partial charge >= 0.3 is 0 Å². The number of Topliss-reactive ketones (excluding diaryl/α,β-unsaturated/α-hetero) is 1. The van der Waals surface area contributed by atoms with Gasteiger partial charge in [-0.2, -0.15) is 0 Å². The Morgan fingerprint density at radius 3 is 2.52 bits per heavy atom. The second-order valence-corrected chi connectivity index (χ2v) is 5.32. The lowest BCUT2D eigenvalue weighted by Crippen LogP contribution is -2.43. The minimum atomic E-state index is -0.629. The van der Waals surface area contributed by atoms with Crippen LogP contribution in [0.25, 0.3) is 0 Å². The zero-order valence-electron chi connectivity index (χ0n) is 12.6. The fourth-order valence-electron chi connectivity index (χ4n) is 2.48. The monoisotopic (exact) mass is 288 g/mol. The molecule has 0 spiro atoms. The third-order valence-corrected chi connectivity index (χ3v) is 3.78. The number of hydrogen-bond donors (Lipinski definition) is 1. The van der Waals surface area contributed by atoms with Crippen molar-refractivity contribution in [1.82, 2.24) is 5.32 Å². The number of nitrogens with zero attached hydrogens (tertiary/aromatic N) is 1. The van der Waals surface area contributed by atoms with Gasteiger partial charge in [0, 0.05) is 6.04 Å². The summed E-state index contributed by atoms with van der Waals surface area (Å²) < 4.78 is 0. The zero-order valence-corrected chi connectivity index (χ0v) is 12.6. The van der Waals surface area contributed by atoms with E-state index in [0.717, 1.165) is 18.4 Å². The molecule has 2 amide bonds. The van der Waals surface area contributed by atoms with Gasteiger partial charge in [0.1, 0.15) is 6.54 Å². The van der Waals surface area contributed by atoms with Crippen molar-refractivity contribution < 1.29 is 14.4 Å². The average Bonchev–Trinajstić information content (AvgIpc) is 2.69. The number of benzene rings is 1. The molecule has 21 heavy (non-hydrogen) atoms. The van der Waals surface area contributed by atoms with Crippen molar-refractivity contribution in [2.75, 3.05) is 11.4 Å². The molecule has 0 aromatic heterocycles. The molecule has 1 aliphatic heterocycles. The molecule has 1 aromatic rings. The van der Waals surface area contributed by atoms with E-state index in [9.17, 15) is 14.4 Å². The summed E-state index contributed by atoms with van der Waals surface area (Å²) in [7, 11) is 0. The number of carbonyl (C=O) groups is 3. The first kappa shape index (κ1) is 15.2. The van der Waals surface area contributed by atoms with E-state index >= 15 is 0 Å². The van der Waals surface area contributed by atoms with Crippen molar-refractivity contribution in [2.45, 2.75) is 39.7 Å². The quantitative estimate of drug-likeness (QED) is 0.841. The van der Waals surface area contributed by atoms with Crippen LogP contribution in [0.4, 0.5) is 5.69 Å². The molecule has 1 aliphatic rings. The first-order chi connectivity index (χ1) is 9.97. The molecule has 0 saturated carbocycles. The molecule has 1 N–H and O–H groups in total. The van der Waals surface area contributed by atoms with Crippen molar-refractivity contribution in [2.24, 2.45) is 0 Å². The molecule has 0 atom stereocenters. The molecule has 112 valence electrons. The van der Waals surface area contributed by atoms with E-state index < -0.39 is 11.7 Å². The SMILES string of the molecule is CCC(CC)NC(=O)CN1C(=O)C(=O)c2cc(C)ccc21. The van der Waals surface area contributed by atoms with E-state index in [1.807, 2.05) is 26.8 Å². The zero-order chi connectivity index (χ0) is 15.6. The van der Waals surface area contributed by atoms with Crippen LogP contribution in [0.15, 0.2) is 18.2 Å². The lowest BCUT2D eigenvalue weighted by Gasteiger charge is -2.19. The number of anilines is 1. The van der Waals surface area contributed by atoms with Crippen LogP contribution < -0.4 is 10.2 Å². The van der Waals surface area contributed by atoms with Crippen molar-refractivity contribution in [3.63, 3.8) is 0 Å². The standard InChI is InChI=1S/C16H20N2O3/c1-4-11(5-2)17-14(19)9-18-13-7-6-10(3)8-12(13)15(20)16(18)21/h6-8,11H,4-5,9H2,1-3H3,(H,17,19). The fourth-order valence-corrected chi connectivity index (χ4v) is 2.48. The Morgan fingerprint density at radius 1 is 1.24 bits per heavy atom. The first-order valence-electron chi connectivity index (χ1n) is 7.24. The van der Waals surface area contributed by atoms with Crippen LogP contribution in [0.1, 0.15) is 42.6 Å². The van der Waals surface area contributed by atoms with E-state index in [-0.39, 0.29) is 18.5 Å². The van der Waals surface area contributed by atoms with Crippen LogP contribution >= 0.6 is 0 Å². The molecule has 0 unspecified atom stereocenters. The maximum atomic E-state index is 12.0. The maximum Gasteiger partial charge on any atom is 0.299 e. The van der Waals surface area contributed by atoms with Crippen molar-refractivity contribution in [1.29, 1.82) is 0 Å². The van der Waals surface area contributed by atoms with Gasteiger partial charge in [0.15, 0.2) is 0 Å². The molecule has 1 heterocycles. The Balaban J connectivity index is 2.17. The predicted octanol–water partition coefficient (Wildman–Crippen LogP) is 1.83. The topological polar surface area (TPSA) is 66.5 Å². The molecule has 5 heteroatoms. The van der Waals surface area contributed by atoms with E-state index in [4.69, 9.17) is 0 Å². The van der Waals surface area contributed by atoms with E-state index in [2.05, 4.69) is 5.32 Å². The summed E-state index contributed by atoms with van der Waals surface area (Å²) in [5.74, 6) is -1.40. The second-order valence-electron chi connectivity index (χ2n) is 5.32. The lowest BCUT2D eigenvalue weighted by molar-refractivity contribution is -0.122. The molecule has 0 fully saturated rings. The minimum absolute atomic E-state index is 0.100. The highest BCUT2D eigenvalue weighted by Gasteiger charge is 2.36. The highest BCUT2D eigenvalue weighted by Crippen LogP contribution is 2.29. The minimum Gasteiger partial charge on any atom is -0.352 e. The molecule has 0 aliphatic carbocycles. The molecular formula is C16H20N2O3. The molecule has 1 aromatic carbocycles. The maximum absolute atomic E-state index is 12.0. The summed E-state index contributed by atoms with van der Waals surface area (Å²) in [6, 6.07) is 5.34. The van der Waals surface area contributed by atoms with Crippen molar-refractivity contribution >= 4 is 23.3 Å². The van der Waals surface area contributed by atoms with E-state index in [1.54, 1.807) is 12.1 Å². The van der Waals surface area contributed by atoms with Crippen molar-refractivity contribution in [3.05, 3.63) is 29.3 Å². The fraction of sp³-hybridized carbons (Fsp3) is 0.438. The van der Waals surface area contributed by atoms with Gasteiger partial charge in [0.05, 0.1) is 11.3 Å². The number of aryl methyl sites for hydroxylation is 1. The molecule has 5 nitrogen and oxygen atoms in total.